The van der Waals surface area contributed by atoms with Gasteiger partial charge in [-0.25, -0.2) is 27.8 Å². The smallest absolute Gasteiger partial charge is 0.243 e. The SMILES string of the molecule is C=N/C(=N\C=C(/C)F)[C@@H](C)[C@H](C)S(=O)(=O)Nc1nnc(-c2cccc(OCC)n2)n1-c1c(OC)cccc1OC. The first kappa shape index (κ1) is 30.2. The Labute approximate surface area is 232 Å². The minimum absolute atomic E-state index is 0.0559. The van der Waals surface area contributed by atoms with Crippen LogP contribution in [0, 0.1) is 5.92 Å². The zero-order valence-electron chi connectivity index (χ0n) is 23.1. The summed E-state index contributed by atoms with van der Waals surface area (Å²) in [5.41, 5.74) is 0.699. The molecular formula is C26H32FN7O5S. The van der Waals surface area contributed by atoms with E-state index in [9.17, 15) is 12.8 Å². The van der Waals surface area contributed by atoms with E-state index in [1.54, 1.807) is 43.3 Å². The third-order valence-electron chi connectivity index (χ3n) is 5.90. The van der Waals surface area contributed by atoms with Crippen molar-refractivity contribution in [2.45, 2.75) is 32.9 Å². The number of anilines is 1. The third-order valence-corrected chi connectivity index (χ3v) is 7.76. The maximum Gasteiger partial charge on any atom is 0.243 e. The molecule has 2 aromatic heterocycles. The largest absolute Gasteiger partial charge is 0.494 e. The van der Waals surface area contributed by atoms with Crippen LogP contribution < -0.4 is 18.9 Å². The van der Waals surface area contributed by atoms with E-state index >= 15 is 0 Å². The molecule has 12 nitrogen and oxygen atoms in total. The molecule has 0 aliphatic carbocycles. The monoisotopic (exact) mass is 573 g/mol. The highest BCUT2D eigenvalue weighted by Gasteiger charge is 2.33. The van der Waals surface area contributed by atoms with Gasteiger partial charge in [0.1, 0.15) is 34.5 Å². The molecule has 0 spiro atoms. The molecule has 40 heavy (non-hydrogen) atoms. The van der Waals surface area contributed by atoms with E-state index in [4.69, 9.17) is 14.2 Å². The second-order valence-electron chi connectivity index (χ2n) is 8.49. The average molecular weight is 574 g/mol. The number of hydrogen-bond donors (Lipinski definition) is 1. The predicted octanol–water partition coefficient (Wildman–Crippen LogP) is 4.44. The summed E-state index contributed by atoms with van der Waals surface area (Å²) in [6.45, 7) is 9.95. The standard InChI is InChI=1S/C26H32FN7O5S/c1-8-39-22-14-9-11-19(30-22)25-31-32-26(34(25)23-20(37-6)12-10-13-21(23)38-7)33-40(35,36)18(4)17(3)24(28-5)29-15-16(2)27/h9-15,17-18H,5,8H2,1-4,6-7H3,(H,32,33)/b16-15+,29-24-/t17-,18-/m0/s1. The summed E-state index contributed by atoms with van der Waals surface area (Å²) >= 11 is 0. The van der Waals surface area contributed by atoms with E-state index in [1.165, 1.54) is 32.6 Å². The Morgan fingerprint density at radius 1 is 1.15 bits per heavy atom. The minimum atomic E-state index is -4.14. The number of nitrogens with zero attached hydrogens (tertiary/aromatic N) is 6. The zero-order valence-corrected chi connectivity index (χ0v) is 23.9. The number of rotatable bonds is 12. The van der Waals surface area contributed by atoms with Crippen LogP contribution in [0.25, 0.3) is 17.2 Å². The van der Waals surface area contributed by atoms with E-state index in [0.717, 1.165) is 6.20 Å². The molecule has 2 atom stereocenters. The number of halogens is 1. The van der Waals surface area contributed by atoms with Gasteiger partial charge in [-0.05, 0) is 45.7 Å². The molecule has 0 radical (unpaired) electrons. The Morgan fingerprint density at radius 2 is 1.80 bits per heavy atom. The molecule has 2 heterocycles. The Morgan fingerprint density at radius 3 is 2.38 bits per heavy atom. The van der Waals surface area contributed by atoms with Gasteiger partial charge >= 0.3 is 0 Å². The van der Waals surface area contributed by atoms with Gasteiger partial charge in [-0.15, -0.1) is 10.2 Å². The number of benzene rings is 1. The maximum atomic E-state index is 13.6. The molecule has 0 bridgehead atoms. The Bertz CT molecular complexity index is 1500. The summed E-state index contributed by atoms with van der Waals surface area (Å²) in [6.07, 6.45) is 0.952. The second-order valence-corrected chi connectivity index (χ2v) is 10.5. The molecule has 1 N–H and O–H groups in total. The molecule has 0 amide bonds. The summed E-state index contributed by atoms with van der Waals surface area (Å²) in [6, 6.07) is 10.2. The molecule has 14 heteroatoms. The number of allylic oxidation sites excluding steroid dienone is 1. The summed E-state index contributed by atoms with van der Waals surface area (Å²) in [5, 5.41) is 7.33. The summed E-state index contributed by atoms with van der Waals surface area (Å²) < 4.78 is 61.1. The fourth-order valence-corrected chi connectivity index (χ4v) is 4.94. The lowest BCUT2D eigenvalue weighted by molar-refractivity contribution is 0.327. The topological polar surface area (TPSA) is 142 Å². The molecule has 0 saturated carbocycles. The van der Waals surface area contributed by atoms with Crippen LogP contribution in [0.3, 0.4) is 0 Å². The number of para-hydroxylation sites is 1. The van der Waals surface area contributed by atoms with Crippen molar-refractivity contribution >= 4 is 28.5 Å². The fourth-order valence-electron chi connectivity index (χ4n) is 3.70. The molecule has 1 aromatic carbocycles. The first-order valence-corrected chi connectivity index (χ1v) is 13.8. The van der Waals surface area contributed by atoms with Crippen molar-refractivity contribution in [1.29, 1.82) is 0 Å². The van der Waals surface area contributed by atoms with E-state index in [-0.39, 0.29) is 17.6 Å². The minimum Gasteiger partial charge on any atom is -0.494 e. The van der Waals surface area contributed by atoms with Gasteiger partial charge in [-0.3, -0.25) is 9.29 Å². The van der Waals surface area contributed by atoms with Crippen molar-refractivity contribution in [3.63, 3.8) is 0 Å². The van der Waals surface area contributed by atoms with Gasteiger partial charge in [-0.2, -0.15) is 0 Å². The van der Waals surface area contributed by atoms with Crippen LogP contribution in [0.4, 0.5) is 10.3 Å². The molecule has 3 rings (SSSR count). The van der Waals surface area contributed by atoms with Crippen LogP contribution in [0.5, 0.6) is 17.4 Å². The maximum absolute atomic E-state index is 13.6. The van der Waals surface area contributed by atoms with Gasteiger partial charge in [0.15, 0.2) is 5.82 Å². The second kappa shape index (κ2) is 13.2. The Kier molecular flexibility index (Phi) is 9.93. The van der Waals surface area contributed by atoms with E-state index in [1.807, 2.05) is 6.92 Å². The Balaban J connectivity index is 2.18. The van der Waals surface area contributed by atoms with Crippen LogP contribution in [0.15, 0.2) is 58.4 Å². The van der Waals surface area contributed by atoms with Crippen molar-refractivity contribution in [2.24, 2.45) is 15.9 Å². The van der Waals surface area contributed by atoms with Crippen LogP contribution >= 0.6 is 0 Å². The lowest BCUT2D eigenvalue weighted by Crippen LogP contribution is -2.35. The van der Waals surface area contributed by atoms with Crippen LogP contribution in [-0.2, 0) is 10.0 Å². The number of aliphatic imine (C=N–C) groups is 2. The van der Waals surface area contributed by atoms with Crippen molar-refractivity contribution in [1.82, 2.24) is 19.7 Å². The van der Waals surface area contributed by atoms with Crippen LogP contribution in [0.1, 0.15) is 27.7 Å². The highest BCUT2D eigenvalue weighted by molar-refractivity contribution is 7.93. The van der Waals surface area contributed by atoms with Crippen molar-refractivity contribution in [3.05, 3.63) is 48.4 Å². The molecule has 214 valence electrons. The Hall–Kier alpha value is -4.33. The number of amidine groups is 1. The molecule has 0 aliphatic heterocycles. The lowest BCUT2D eigenvalue weighted by atomic mass is 10.1. The predicted molar refractivity (Wildman–Crippen MR) is 152 cm³/mol. The van der Waals surface area contributed by atoms with E-state index in [0.29, 0.717) is 35.4 Å². The number of aromatic nitrogens is 4. The first-order chi connectivity index (χ1) is 19.1. The summed E-state index contributed by atoms with van der Waals surface area (Å²) in [7, 11) is -1.20. The number of methoxy groups -OCH3 is 2. The van der Waals surface area contributed by atoms with Crippen molar-refractivity contribution < 1.29 is 27.0 Å². The van der Waals surface area contributed by atoms with E-state index in [2.05, 4.69) is 36.6 Å². The van der Waals surface area contributed by atoms with Gasteiger partial charge in [0.05, 0.1) is 32.3 Å². The van der Waals surface area contributed by atoms with Gasteiger partial charge < -0.3 is 14.2 Å². The van der Waals surface area contributed by atoms with Crippen LogP contribution in [-0.4, -0.2) is 66.8 Å². The highest BCUT2D eigenvalue weighted by Crippen LogP contribution is 2.37. The third kappa shape index (κ3) is 6.62. The highest BCUT2D eigenvalue weighted by atomic mass is 32.2. The quantitative estimate of drug-likeness (QED) is 0.248. The number of hydrogen-bond acceptors (Lipinski definition) is 9. The zero-order chi connectivity index (χ0) is 29.4. The molecule has 0 unspecified atom stereocenters. The first-order valence-electron chi connectivity index (χ1n) is 12.2. The summed E-state index contributed by atoms with van der Waals surface area (Å²) in [4.78, 5) is 12.2. The number of ether oxygens (including phenoxy) is 3. The lowest BCUT2D eigenvalue weighted by Gasteiger charge is -2.21. The molecular weight excluding hydrogens is 541 g/mol. The molecule has 3 aromatic rings. The number of sulfonamides is 1. The summed E-state index contributed by atoms with van der Waals surface area (Å²) in [5.74, 6) is -0.134. The van der Waals surface area contributed by atoms with E-state index < -0.39 is 27.0 Å². The normalized spacial score (nSPS) is 13.9. The molecule has 0 saturated heterocycles. The molecule has 0 fully saturated rings. The number of pyridine rings is 1. The van der Waals surface area contributed by atoms with Crippen molar-refractivity contribution in [2.75, 3.05) is 25.5 Å². The average Bonchev–Trinajstić information content (AvgIpc) is 3.34. The van der Waals surface area contributed by atoms with Crippen molar-refractivity contribution in [3.8, 4) is 34.6 Å². The van der Waals surface area contributed by atoms with Gasteiger partial charge in [0, 0.05) is 12.0 Å². The molecule has 0 aliphatic rings. The fraction of sp³-hybridized carbons (Fsp3) is 0.346. The van der Waals surface area contributed by atoms with Crippen LogP contribution in [0.2, 0.25) is 0 Å². The van der Waals surface area contributed by atoms with Gasteiger partial charge in [0.25, 0.3) is 0 Å². The number of nitrogens with one attached hydrogen (secondary N) is 1. The van der Waals surface area contributed by atoms with Gasteiger partial charge in [0.2, 0.25) is 21.9 Å². The van der Waals surface area contributed by atoms with Gasteiger partial charge in [-0.1, -0.05) is 19.1 Å².